The SMILES string of the molecule is CCCCc1nc(C(=O)O)cc2c3ccccc3n(Cc3ccccc3)c12. The summed E-state index contributed by atoms with van der Waals surface area (Å²) >= 11 is 0. The second-order valence-electron chi connectivity index (χ2n) is 6.85. The molecule has 4 nitrogen and oxygen atoms in total. The Kier molecular flexibility index (Phi) is 4.63. The first-order chi connectivity index (χ1) is 13.2. The van der Waals surface area contributed by atoms with Gasteiger partial charge in [-0.05, 0) is 30.5 Å². The van der Waals surface area contributed by atoms with Crippen LogP contribution in [-0.2, 0) is 13.0 Å². The van der Waals surface area contributed by atoms with Crippen LogP contribution in [0, 0.1) is 0 Å². The van der Waals surface area contributed by atoms with Crippen molar-refractivity contribution in [3.63, 3.8) is 0 Å². The Hall–Kier alpha value is -3.14. The first-order valence-corrected chi connectivity index (χ1v) is 9.37. The maximum atomic E-state index is 11.6. The van der Waals surface area contributed by atoms with Gasteiger partial charge in [0, 0.05) is 22.8 Å². The van der Waals surface area contributed by atoms with Crippen molar-refractivity contribution < 1.29 is 9.90 Å². The van der Waals surface area contributed by atoms with Gasteiger partial charge in [0.1, 0.15) is 5.69 Å². The lowest BCUT2D eigenvalue weighted by Gasteiger charge is -2.11. The number of fused-ring (bicyclic) bond motifs is 3. The number of carboxylic acids is 1. The van der Waals surface area contributed by atoms with E-state index in [1.165, 1.54) is 5.56 Å². The molecule has 0 bridgehead atoms. The summed E-state index contributed by atoms with van der Waals surface area (Å²) in [5.41, 5.74) is 4.37. The molecule has 0 aliphatic rings. The average molecular weight is 358 g/mol. The third kappa shape index (κ3) is 3.19. The van der Waals surface area contributed by atoms with Crippen molar-refractivity contribution in [2.24, 2.45) is 0 Å². The van der Waals surface area contributed by atoms with Gasteiger partial charge in [0.05, 0.1) is 11.2 Å². The Bertz CT molecular complexity index is 1110. The van der Waals surface area contributed by atoms with E-state index in [0.29, 0.717) is 0 Å². The van der Waals surface area contributed by atoms with Crippen molar-refractivity contribution in [1.82, 2.24) is 9.55 Å². The van der Waals surface area contributed by atoms with E-state index in [0.717, 1.165) is 53.3 Å². The Morgan fingerprint density at radius 1 is 1.04 bits per heavy atom. The number of carboxylic acid groups (broad SMARTS) is 1. The Labute approximate surface area is 158 Å². The van der Waals surface area contributed by atoms with Gasteiger partial charge in [-0.3, -0.25) is 0 Å². The highest BCUT2D eigenvalue weighted by Crippen LogP contribution is 2.32. The van der Waals surface area contributed by atoms with Crippen LogP contribution in [0.2, 0.25) is 0 Å². The van der Waals surface area contributed by atoms with Crippen LogP contribution in [0.4, 0.5) is 0 Å². The first-order valence-electron chi connectivity index (χ1n) is 9.37. The van der Waals surface area contributed by atoms with E-state index < -0.39 is 5.97 Å². The molecule has 4 rings (SSSR count). The molecule has 0 spiro atoms. The zero-order valence-corrected chi connectivity index (χ0v) is 15.4. The highest BCUT2D eigenvalue weighted by Gasteiger charge is 2.18. The van der Waals surface area contributed by atoms with Gasteiger partial charge >= 0.3 is 5.97 Å². The second kappa shape index (κ2) is 7.23. The molecule has 27 heavy (non-hydrogen) atoms. The molecule has 0 fully saturated rings. The lowest BCUT2D eigenvalue weighted by Crippen LogP contribution is -2.07. The maximum absolute atomic E-state index is 11.6. The zero-order valence-electron chi connectivity index (χ0n) is 15.4. The number of nitrogens with zero attached hydrogens (tertiary/aromatic N) is 2. The number of aromatic nitrogens is 2. The number of rotatable bonds is 6. The number of unbranched alkanes of at least 4 members (excludes halogenated alkanes) is 1. The molecule has 1 N–H and O–H groups in total. The Balaban J connectivity index is 2.02. The summed E-state index contributed by atoms with van der Waals surface area (Å²) in [5.74, 6) is -0.977. The van der Waals surface area contributed by atoms with Gasteiger partial charge < -0.3 is 9.67 Å². The third-order valence-electron chi connectivity index (χ3n) is 4.99. The van der Waals surface area contributed by atoms with Gasteiger partial charge in [-0.25, -0.2) is 9.78 Å². The van der Waals surface area contributed by atoms with Crippen LogP contribution in [0.5, 0.6) is 0 Å². The lowest BCUT2D eigenvalue weighted by molar-refractivity contribution is 0.0690. The van der Waals surface area contributed by atoms with Gasteiger partial charge in [-0.2, -0.15) is 0 Å². The van der Waals surface area contributed by atoms with E-state index in [-0.39, 0.29) is 5.69 Å². The van der Waals surface area contributed by atoms with Gasteiger partial charge in [-0.15, -0.1) is 0 Å². The molecule has 2 aromatic heterocycles. The quantitative estimate of drug-likeness (QED) is 0.510. The second-order valence-corrected chi connectivity index (χ2v) is 6.85. The van der Waals surface area contributed by atoms with Crippen molar-refractivity contribution in [2.75, 3.05) is 0 Å². The summed E-state index contributed by atoms with van der Waals surface area (Å²) in [6.07, 6.45) is 2.80. The molecule has 0 radical (unpaired) electrons. The van der Waals surface area contributed by atoms with E-state index in [9.17, 15) is 9.90 Å². The van der Waals surface area contributed by atoms with Crippen molar-refractivity contribution in [1.29, 1.82) is 0 Å². The number of aromatic carboxylic acids is 1. The minimum atomic E-state index is -0.977. The molecule has 136 valence electrons. The highest BCUT2D eigenvalue weighted by atomic mass is 16.4. The molecule has 0 aliphatic carbocycles. The fourth-order valence-electron chi connectivity index (χ4n) is 3.71. The number of pyridine rings is 1. The monoisotopic (exact) mass is 358 g/mol. The first kappa shape index (κ1) is 17.3. The molecule has 0 saturated heterocycles. The highest BCUT2D eigenvalue weighted by molar-refractivity contribution is 6.10. The maximum Gasteiger partial charge on any atom is 0.354 e. The van der Waals surface area contributed by atoms with Crippen molar-refractivity contribution in [3.05, 3.63) is 77.6 Å². The number of benzene rings is 2. The average Bonchev–Trinajstić information content (AvgIpc) is 3.01. The molecule has 0 saturated carbocycles. The van der Waals surface area contributed by atoms with E-state index in [1.54, 1.807) is 6.07 Å². The smallest absolute Gasteiger partial charge is 0.354 e. The fraction of sp³-hybridized carbons (Fsp3) is 0.217. The number of aryl methyl sites for hydroxylation is 1. The molecule has 0 unspecified atom stereocenters. The summed E-state index contributed by atoms with van der Waals surface area (Å²) in [5, 5.41) is 11.6. The fourth-order valence-corrected chi connectivity index (χ4v) is 3.71. The van der Waals surface area contributed by atoms with Crippen LogP contribution in [0.25, 0.3) is 21.8 Å². The topological polar surface area (TPSA) is 55.1 Å². The number of hydrogen-bond acceptors (Lipinski definition) is 2. The van der Waals surface area contributed by atoms with E-state index in [4.69, 9.17) is 0 Å². The summed E-state index contributed by atoms with van der Waals surface area (Å²) in [7, 11) is 0. The van der Waals surface area contributed by atoms with Crippen LogP contribution in [0.15, 0.2) is 60.7 Å². The van der Waals surface area contributed by atoms with Crippen LogP contribution in [0.3, 0.4) is 0 Å². The summed E-state index contributed by atoms with van der Waals surface area (Å²) in [4.78, 5) is 16.2. The van der Waals surface area contributed by atoms with Gasteiger partial charge in [0.15, 0.2) is 0 Å². The standard InChI is InChI=1S/C23H22N2O2/c1-2-3-12-19-22-18(14-20(24-19)23(26)27)17-11-7-8-13-21(17)25(22)15-16-9-5-4-6-10-16/h4-11,13-14H,2-3,12,15H2,1H3,(H,26,27). The summed E-state index contributed by atoms with van der Waals surface area (Å²) in [6, 6.07) is 20.2. The summed E-state index contributed by atoms with van der Waals surface area (Å²) in [6.45, 7) is 2.87. The summed E-state index contributed by atoms with van der Waals surface area (Å²) < 4.78 is 2.28. The minimum absolute atomic E-state index is 0.121. The van der Waals surface area contributed by atoms with E-state index in [1.807, 2.05) is 30.3 Å². The van der Waals surface area contributed by atoms with Crippen LogP contribution >= 0.6 is 0 Å². The van der Waals surface area contributed by atoms with Crippen molar-refractivity contribution in [2.45, 2.75) is 32.7 Å². The molecule has 2 aromatic carbocycles. The molecule has 4 heteroatoms. The molecule has 0 aliphatic heterocycles. The van der Waals surface area contributed by atoms with Crippen molar-refractivity contribution >= 4 is 27.8 Å². The zero-order chi connectivity index (χ0) is 18.8. The predicted octanol–water partition coefficient (Wildman–Crippen LogP) is 5.28. The molecule has 0 amide bonds. The van der Waals surface area contributed by atoms with Crippen LogP contribution in [0.1, 0.15) is 41.5 Å². The van der Waals surface area contributed by atoms with Gasteiger partial charge in [0.25, 0.3) is 0 Å². The minimum Gasteiger partial charge on any atom is -0.477 e. The molecule has 0 atom stereocenters. The molecule has 2 heterocycles. The molecular formula is C23H22N2O2. The van der Waals surface area contributed by atoms with Crippen molar-refractivity contribution in [3.8, 4) is 0 Å². The third-order valence-corrected chi connectivity index (χ3v) is 4.99. The Morgan fingerprint density at radius 3 is 2.52 bits per heavy atom. The molecular weight excluding hydrogens is 336 g/mol. The van der Waals surface area contributed by atoms with Crippen LogP contribution in [-0.4, -0.2) is 20.6 Å². The molecule has 4 aromatic rings. The van der Waals surface area contributed by atoms with Gasteiger partial charge in [0.2, 0.25) is 0 Å². The number of carbonyl (C=O) groups is 1. The van der Waals surface area contributed by atoms with Gasteiger partial charge in [-0.1, -0.05) is 61.9 Å². The largest absolute Gasteiger partial charge is 0.477 e. The Morgan fingerprint density at radius 2 is 1.78 bits per heavy atom. The number of para-hydroxylation sites is 1. The normalized spacial score (nSPS) is 11.3. The van der Waals surface area contributed by atoms with Crippen LogP contribution < -0.4 is 0 Å². The lowest BCUT2D eigenvalue weighted by atomic mass is 10.1. The predicted molar refractivity (Wildman–Crippen MR) is 108 cm³/mol. The number of hydrogen-bond donors (Lipinski definition) is 1. The van der Waals surface area contributed by atoms with E-state index in [2.05, 4.69) is 40.7 Å². The van der Waals surface area contributed by atoms with E-state index >= 15 is 0 Å².